The van der Waals surface area contributed by atoms with Gasteiger partial charge in [-0.2, -0.15) is 4.98 Å². The maximum Gasteiger partial charge on any atom is 0.340 e. The number of fused-ring (bicyclic) bond motifs is 2. The van der Waals surface area contributed by atoms with Crippen molar-refractivity contribution in [2.24, 2.45) is 5.41 Å². The fraction of sp³-hybridized carbons (Fsp3) is 0.680. The summed E-state index contributed by atoms with van der Waals surface area (Å²) < 4.78 is 18.7. The zero-order chi connectivity index (χ0) is 26.3. The van der Waals surface area contributed by atoms with Crippen LogP contribution in [0.3, 0.4) is 0 Å². The molecule has 0 saturated heterocycles. The summed E-state index contributed by atoms with van der Waals surface area (Å²) in [6, 6.07) is 0. The molecule has 3 rings (SSSR count). The fourth-order valence-corrected chi connectivity index (χ4v) is 5.55. The van der Waals surface area contributed by atoms with Crippen molar-refractivity contribution in [2.75, 3.05) is 5.75 Å². The number of thioether (sulfide) groups is 1. The van der Waals surface area contributed by atoms with E-state index in [0.29, 0.717) is 17.5 Å². The Bertz CT molecular complexity index is 1100. The molecule has 35 heavy (non-hydrogen) atoms. The van der Waals surface area contributed by atoms with E-state index in [2.05, 4.69) is 31.1 Å². The van der Waals surface area contributed by atoms with Crippen molar-refractivity contribution in [2.45, 2.75) is 104 Å². The first-order chi connectivity index (χ1) is 16.1. The molecule has 1 aromatic rings. The lowest BCUT2D eigenvalue weighted by Crippen LogP contribution is -2.47. The van der Waals surface area contributed by atoms with Crippen LogP contribution in [0.25, 0.3) is 0 Å². The summed E-state index contributed by atoms with van der Waals surface area (Å²) in [4.78, 5) is 44.9. The lowest BCUT2D eigenvalue weighted by Gasteiger charge is -2.37. The zero-order valence-electron chi connectivity index (χ0n) is 22.1. The van der Waals surface area contributed by atoms with E-state index in [1.807, 2.05) is 13.8 Å². The lowest BCUT2D eigenvalue weighted by molar-refractivity contribution is -0.152. The van der Waals surface area contributed by atoms with Crippen molar-refractivity contribution in [3.8, 4) is 5.88 Å². The number of carbonyl (C=O) groups excluding carboxylic acids is 2. The number of esters is 2. The van der Waals surface area contributed by atoms with E-state index in [9.17, 15) is 14.4 Å². The van der Waals surface area contributed by atoms with Crippen LogP contribution >= 0.6 is 11.8 Å². The number of nitrogens with one attached hydrogen (secondary N) is 1. The number of aromatic nitrogens is 2. The summed E-state index contributed by atoms with van der Waals surface area (Å²) in [6.07, 6.45) is -0.174. The molecule has 2 aliphatic heterocycles. The van der Waals surface area contributed by atoms with E-state index < -0.39 is 41.2 Å². The molecule has 0 spiro atoms. The summed E-state index contributed by atoms with van der Waals surface area (Å²) in [5.41, 5.74) is -1.06. The molecular formula is C25H37N3O6S. The van der Waals surface area contributed by atoms with Gasteiger partial charge >= 0.3 is 11.9 Å². The standard InChI is InChI=1S/C25H37N3O6S/c1-13(2)32-21(30)15-16-18(26-23-28(20(16)29)10-11-35-23)34-19(17(15)22(31)33-14(3)4)27-25(8,9)12-24(5,6)7/h13-15,27H,10-12H2,1-9H3. The van der Waals surface area contributed by atoms with Gasteiger partial charge in [-0.15, -0.1) is 0 Å². The minimum atomic E-state index is -1.33. The van der Waals surface area contributed by atoms with Crippen molar-refractivity contribution in [3.05, 3.63) is 27.4 Å². The highest BCUT2D eigenvalue weighted by atomic mass is 32.2. The van der Waals surface area contributed by atoms with Crippen LogP contribution in [0.1, 0.15) is 80.2 Å². The van der Waals surface area contributed by atoms with Crippen LogP contribution < -0.4 is 15.6 Å². The van der Waals surface area contributed by atoms with Gasteiger partial charge in [-0.3, -0.25) is 14.2 Å². The van der Waals surface area contributed by atoms with Crippen molar-refractivity contribution < 1.29 is 23.8 Å². The van der Waals surface area contributed by atoms with Crippen LogP contribution in [-0.2, 0) is 25.6 Å². The Morgan fingerprint density at radius 2 is 1.77 bits per heavy atom. The molecule has 3 heterocycles. The molecule has 0 bridgehead atoms. The first-order valence-corrected chi connectivity index (χ1v) is 13.0. The third-order valence-corrected chi connectivity index (χ3v) is 6.23. The molecule has 1 unspecified atom stereocenters. The first-order valence-electron chi connectivity index (χ1n) is 12.0. The predicted molar refractivity (Wildman–Crippen MR) is 133 cm³/mol. The molecule has 194 valence electrons. The molecule has 1 N–H and O–H groups in total. The molecule has 0 aliphatic carbocycles. The van der Waals surface area contributed by atoms with Crippen molar-refractivity contribution in [1.29, 1.82) is 0 Å². The van der Waals surface area contributed by atoms with Gasteiger partial charge in [-0.1, -0.05) is 32.5 Å². The fourth-order valence-electron chi connectivity index (χ4n) is 4.61. The molecule has 0 radical (unpaired) electrons. The van der Waals surface area contributed by atoms with Gasteiger partial charge in [-0.05, 0) is 53.4 Å². The van der Waals surface area contributed by atoms with Crippen LogP contribution in [0.15, 0.2) is 21.4 Å². The number of rotatable bonds is 7. The third kappa shape index (κ3) is 6.20. The average Bonchev–Trinajstić information content (AvgIpc) is 3.12. The number of hydrogen-bond acceptors (Lipinski definition) is 9. The van der Waals surface area contributed by atoms with Gasteiger partial charge in [0, 0.05) is 17.8 Å². The molecule has 2 aliphatic rings. The Labute approximate surface area is 211 Å². The summed E-state index contributed by atoms with van der Waals surface area (Å²) in [5.74, 6) is -2.04. The summed E-state index contributed by atoms with van der Waals surface area (Å²) >= 11 is 1.44. The highest BCUT2D eigenvalue weighted by molar-refractivity contribution is 7.99. The van der Waals surface area contributed by atoms with E-state index >= 15 is 0 Å². The molecule has 0 amide bonds. The number of carbonyl (C=O) groups is 2. The molecule has 0 saturated carbocycles. The second-order valence-electron chi connectivity index (χ2n) is 11.4. The van der Waals surface area contributed by atoms with Crippen molar-refractivity contribution in [3.63, 3.8) is 0 Å². The van der Waals surface area contributed by atoms with Crippen LogP contribution in [0, 0.1) is 5.41 Å². The Balaban J connectivity index is 2.23. The Morgan fingerprint density at radius 1 is 1.14 bits per heavy atom. The minimum absolute atomic E-state index is 0.00298. The minimum Gasteiger partial charge on any atom is -0.462 e. The normalized spacial score (nSPS) is 17.7. The highest BCUT2D eigenvalue weighted by Gasteiger charge is 2.46. The number of ether oxygens (including phenoxy) is 3. The molecule has 1 aromatic heterocycles. The molecular weight excluding hydrogens is 470 g/mol. The van der Waals surface area contributed by atoms with E-state index in [-0.39, 0.29) is 28.3 Å². The topological polar surface area (TPSA) is 109 Å². The molecule has 1 atom stereocenters. The second kappa shape index (κ2) is 9.87. The maximum absolute atomic E-state index is 13.5. The van der Waals surface area contributed by atoms with Gasteiger partial charge in [0.2, 0.25) is 11.8 Å². The van der Waals surface area contributed by atoms with Crippen LogP contribution in [-0.4, -0.2) is 45.0 Å². The van der Waals surface area contributed by atoms with Gasteiger partial charge in [-0.25, -0.2) is 4.79 Å². The van der Waals surface area contributed by atoms with E-state index in [4.69, 9.17) is 14.2 Å². The van der Waals surface area contributed by atoms with Gasteiger partial charge in [0.25, 0.3) is 5.56 Å². The van der Waals surface area contributed by atoms with Crippen LogP contribution in [0.5, 0.6) is 5.88 Å². The van der Waals surface area contributed by atoms with Crippen LogP contribution in [0.2, 0.25) is 0 Å². The predicted octanol–water partition coefficient (Wildman–Crippen LogP) is 3.74. The average molecular weight is 508 g/mol. The molecule has 9 nitrogen and oxygen atoms in total. The van der Waals surface area contributed by atoms with Gasteiger partial charge in [0.15, 0.2) is 5.16 Å². The van der Waals surface area contributed by atoms with Gasteiger partial charge < -0.3 is 19.5 Å². The maximum atomic E-state index is 13.5. The molecule has 10 heteroatoms. The van der Waals surface area contributed by atoms with E-state index in [1.165, 1.54) is 16.3 Å². The first kappa shape index (κ1) is 27.1. The number of hydrogen-bond donors (Lipinski definition) is 1. The molecule has 0 aromatic carbocycles. The van der Waals surface area contributed by atoms with E-state index in [1.54, 1.807) is 27.7 Å². The number of nitrogens with zero attached hydrogens (tertiary/aromatic N) is 2. The molecule has 0 fully saturated rings. The summed E-state index contributed by atoms with van der Waals surface area (Å²) in [6.45, 7) is 17.6. The Hall–Kier alpha value is -2.49. The highest BCUT2D eigenvalue weighted by Crippen LogP contribution is 2.40. The Kier molecular flexibility index (Phi) is 7.64. The van der Waals surface area contributed by atoms with Crippen LogP contribution in [0.4, 0.5) is 0 Å². The quantitative estimate of drug-likeness (QED) is 0.436. The summed E-state index contributed by atoms with van der Waals surface area (Å²) in [7, 11) is 0. The SMILES string of the molecule is CC(C)OC(=O)C1=C(NC(C)(C)CC(C)(C)C)Oc2nc3n(c(=O)c2C1C(=O)OC(C)C)CCS3. The Morgan fingerprint density at radius 3 is 2.34 bits per heavy atom. The third-order valence-electron chi connectivity index (χ3n) is 5.28. The zero-order valence-corrected chi connectivity index (χ0v) is 22.9. The largest absolute Gasteiger partial charge is 0.462 e. The van der Waals surface area contributed by atoms with E-state index in [0.717, 1.165) is 6.42 Å². The van der Waals surface area contributed by atoms with Gasteiger partial charge in [0.1, 0.15) is 11.5 Å². The van der Waals surface area contributed by atoms with Crippen molar-refractivity contribution >= 4 is 23.7 Å². The summed E-state index contributed by atoms with van der Waals surface area (Å²) in [5, 5.41) is 3.84. The lowest BCUT2D eigenvalue weighted by atomic mass is 9.81. The second-order valence-corrected chi connectivity index (χ2v) is 12.4. The monoisotopic (exact) mass is 507 g/mol. The smallest absolute Gasteiger partial charge is 0.340 e. The van der Waals surface area contributed by atoms with Gasteiger partial charge in [0.05, 0.1) is 17.8 Å². The van der Waals surface area contributed by atoms with Crippen molar-refractivity contribution in [1.82, 2.24) is 14.9 Å².